The van der Waals surface area contributed by atoms with E-state index in [-0.39, 0.29) is 6.04 Å². The van der Waals surface area contributed by atoms with Crippen LogP contribution in [0.1, 0.15) is 26.1 Å². The monoisotopic (exact) mass is 383 g/mol. The van der Waals surface area contributed by atoms with E-state index >= 15 is 0 Å². The van der Waals surface area contributed by atoms with E-state index in [1.54, 1.807) is 7.11 Å². The largest absolute Gasteiger partial charge is 0.493 e. The van der Waals surface area contributed by atoms with E-state index in [9.17, 15) is 0 Å². The van der Waals surface area contributed by atoms with Gasteiger partial charge in [0.15, 0.2) is 17.3 Å². The molecule has 1 atom stereocenters. The highest BCUT2D eigenvalue weighted by Gasteiger charge is 2.17. The number of hydrogen-bond donors (Lipinski definition) is 1. The maximum atomic E-state index is 5.72. The molecule has 2 rings (SSSR count). The molecule has 7 heteroatoms. The third-order valence-corrected chi connectivity index (χ3v) is 3.97. The van der Waals surface area contributed by atoms with Crippen LogP contribution in [-0.2, 0) is 6.42 Å². The molecule has 0 aliphatic heterocycles. The summed E-state index contributed by atoms with van der Waals surface area (Å²) < 4.78 is 17.3. The van der Waals surface area contributed by atoms with Crippen molar-refractivity contribution >= 4 is 15.9 Å². The average Bonchev–Trinajstić information content (AvgIpc) is 3.01. The summed E-state index contributed by atoms with van der Waals surface area (Å²) in [6, 6.07) is 4.02. The standard InChI is InChI=1S/C16H22BrN3O3/c1-5-6-22-15-12(17)8-11(9-13(15)21-4)16-19-14(20-23-16)7-10(2)18-3/h8-10,18H,5-7H2,1-4H3. The number of benzene rings is 1. The highest BCUT2D eigenvalue weighted by molar-refractivity contribution is 9.10. The van der Waals surface area contributed by atoms with Crippen LogP contribution in [-0.4, -0.2) is 36.9 Å². The van der Waals surface area contributed by atoms with Crippen LogP contribution in [0.3, 0.4) is 0 Å². The van der Waals surface area contributed by atoms with E-state index in [0.717, 1.165) is 16.5 Å². The van der Waals surface area contributed by atoms with Gasteiger partial charge in [0.25, 0.3) is 5.89 Å². The predicted molar refractivity (Wildman–Crippen MR) is 92.0 cm³/mol. The van der Waals surface area contributed by atoms with Gasteiger partial charge in [-0.1, -0.05) is 12.1 Å². The van der Waals surface area contributed by atoms with Gasteiger partial charge in [-0.3, -0.25) is 0 Å². The summed E-state index contributed by atoms with van der Waals surface area (Å²) in [6.07, 6.45) is 1.63. The van der Waals surface area contributed by atoms with E-state index in [0.29, 0.717) is 36.2 Å². The fourth-order valence-electron chi connectivity index (χ4n) is 2.02. The first kappa shape index (κ1) is 17.7. The molecule has 0 aliphatic carbocycles. The molecule has 0 aliphatic rings. The van der Waals surface area contributed by atoms with E-state index in [1.165, 1.54) is 0 Å². The molecule has 0 fully saturated rings. The molecule has 0 saturated heterocycles. The molecule has 2 aromatic rings. The first-order chi connectivity index (χ1) is 11.1. The summed E-state index contributed by atoms with van der Waals surface area (Å²) in [6.45, 7) is 4.75. The zero-order valence-corrected chi connectivity index (χ0v) is 15.4. The number of halogens is 1. The summed E-state index contributed by atoms with van der Waals surface area (Å²) in [7, 11) is 3.51. The summed E-state index contributed by atoms with van der Waals surface area (Å²) in [5.74, 6) is 2.44. The Morgan fingerprint density at radius 2 is 2.17 bits per heavy atom. The van der Waals surface area contributed by atoms with Crippen LogP contribution >= 0.6 is 15.9 Å². The van der Waals surface area contributed by atoms with Crippen molar-refractivity contribution in [2.45, 2.75) is 32.7 Å². The molecule has 1 aromatic carbocycles. The molecule has 0 saturated carbocycles. The van der Waals surface area contributed by atoms with Gasteiger partial charge in [-0.15, -0.1) is 0 Å². The molecule has 23 heavy (non-hydrogen) atoms. The Morgan fingerprint density at radius 1 is 1.39 bits per heavy atom. The molecule has 0 radical (unpaired) electrons. The lowest BCUT2D eigenvalue weighted by Crippen LogP contribution is -2.24. The van der Waals surface area contributed by atoms with Gasteiger partial charge < -0.3 is 19.3 Å². The molecule has 126 valence electrons. The van der Waals surface area contributed by atoms with Crippen LogP contribution in [0.2, 0.25) is 0 Å². The Hall–Kier alpha value is -1.60. The van der Waals surface area contributed by atoms with Crippen LogP contribution in [0, 0.1) is 0 Å². The van der Waals surface area contributed by atoms with Crippen molar-refractivity contribution in [1.82, 2.24) is 15.5 Å². The number of nitrogens with zero attached hydrogens (tertiary/aromatic N) is 2. The van der Waals surface area contributed by atoms with Crippen molar-refractivity contribution in [3.05, 3.63) is 22.4 Å². The lowest BCUT2D eigenvalue weighted by molar-refractivity contribution is 0.292. The second-order valence-corrected chi connectivity index (χ2v) is 6.10. The SMILES string of the molecule is CCCOc1c(Br)cc(-c2nc(CC(C)NC)no2)cc1OC. The minimum atomic E-state index is 0.284. The van der Waals surface area contributed by atoms with Gasteiger partial charge >= 0.3 is 0 Å². The molecule has 1 heterocycles. The first-order valence-corrected chi connectivity index (χ1v) is 8.38. The van der Waals surface area contributed by atoms with E-state index < -0.39 is 0 Å². The van der Waals surface area contributed by atoms with Gasteiger partial charge in [0.1, 0.15) is 0 Å². The van der Waals surface area contributed by atoms with Crippen molar-refractivity contribution in [2.75, 3.05) is 20.8 Å². The van der Waals surface area contributed by atoms with Crippen molar-refractivity contribution < 1.29 is 14.0 Å². The lowest BCUT2D eigenvalue weighted by Gasteiger charge is -2.12. The van der Waals surface area contributed by atoms with Gasteiger partial charge in [-0.25, -0.2) is 0 Å². The maximum Gasteiger partial charge on any atom is 0.258 e. The first-order valence-electron chi connectivity index (χ1n) is 7.59. The van der Waals surface area contributed by atoms with Crippen LogP contribution in [0.15, 0.2) is 21.1 Å². The smallest absolute Gasteiger partial charge is 0.258 e. The number of ether oxygens (including phenoxy) is 2. The lowest BCUT2D eigenvalue weighted by atomic mass is 10.2. The van der Waals surface area contributed by atoms with Crippen LogP contribution < -0.4 is 14.8 Å². The maximum absolute atomic E-state index is 5.72. The third-order valence-electron chi connectivity index (χ3n) is 3.38. The second kappa shape index (κ2) is 8.31. The molecule has 1 aromatic heterocycles. The van der Waals surface area contributed by atoms with Crippen LogP contribution in [0.25, 0.3) is 11.5 Å². The van der Waals surface area contributed by atoms with Crippen LogP contribution in [0.4, 0.5) is 0 Å². The molecular weight excluding hydrogens is 362 g/mol. The summed E-state index contributed by atoms with van der Waals surface area (Å²) in [4.78, 5) is 4.44. The number of methoxy groups -OCH3 is 1. The molecular formula is C16H22BrN3O3. The molecule has 1 unspecified atom stereocenters. The normalized spacial score (nSPS) is 12.2. The van der Waals surface area contributed by atoms with Gasteiger partial charge in [0.2, 0.25) is 0 Å². The minimum absolute atomic E-state index is 0.284. The van der Waals surface area contributed by atoms with Crippen LogP contribution in [0.5, 0.6) is 11.5 Å². The van der Waals surface area contributed by atoms with E-state index in [1.807, 2.05) is 19.2 Å². The van der Waals surface area contributed by atoms with Crippen molar-refractivity contribution in [1.29, 1.82) is 0 Å². The number of rotatable bonds is 8. The fourth-order valence-corrected chi connectivity index (χ4v) is 2.57. The zero-order valence-electron chi connectivity index (χ0n) is 13.9. The van der Waals surface area contributed by atoms with E-state index in [4.69, 9.17) is 14.0 Å². The molecule has 6 nitrogen and oxygen atoms in total. The van der Waals surface area contributed by atoms with Crippen molar-refractivity contribution in [3.63, 3.8) is 0 Å². The number of hydrogen-bond acceptors (Lipinski definition) is 6. The van der Waals surface area contributed by atoms with Gasteiger partial charge in [0, 0.05) is 18.0 Å². The molecule has 0 amide bonds. The number of likely N-dealkylation sites (N-methyl/N-ethyl adjacent to an activating group) is 1. The Morgan fingerprint density at radius 3 is 2.83 bits per heavy atom. The number of aromatic nitrogens is 2. The Kier molecular flexibility index (Phi) is 6.41. The highest BCUT2D eigenvalue weighted by Crippen LogP contribution is 2.39. The Balaban J connectivity index is 2.28. The Labute approximate surface area is 144 Å². The quantitative estimate of drug-likeness (QED) is 0.752. The predicted octanol–water partition coefficient (Wildman–Crippen LogP) is 3.45. The topological polar surface area (TPSA) is 69.4 Å². The molecule has 1 N–H and O–H groups in total. The fraction of sp³-hybridized carbons (Fsp3) is 0.500. The third kappa shape index (κ3) is 4.45. The molecule has 0 spiro atoms. The van der Waals surface area contributed by atoms with Gasteiger partial charge in [-0.2, -0.15) is 4.98 Å². The van der Waals surface area contributed by atoms with Crippen molar-refractivity contribution in [3.8, 4) is 23.0 Å². The summed E-state index contributed by atoms with van der Waals surface area (Å²) >= 11 is 3.52. The second-order valence-electron chi connectivity index (χ2n) is 5.25. The summed E-state index contributed by atoms with van der Waals surface area (Å²) in [5, 5.41) is 7.18. The van der Waals surface area contributed by atoms with E-state index in [2.05, 4.69) is 45.2 Å². The summed E-state index contributed by atoms with van der Waals surface area (Å²) in [5.41, 5.74) is 0.786. The average molecular weight is 384 g/mol. The van der Waals surface area contributed by atoms with Gasteiger partial charge in [0.05, 0.1) is 18.2 Å². The zero-order chi connectivity index (χ0) is 16.8. The van der Waals surface area contributed by atoms with Gasteiger partial charge in [-0.05, 0) is 48.5 Å². The van der Waals surface area contributed by atoms with Crippen molar-refractivity contribution in [2.24, 2.45) is 0 Å². The molecule has 0 bridgehead atoms. The highest BCUT2D eigenvalue weighted by atomic mass is 79.9. The Bertz CT molecular complexity index is 645. The minimum Gasteiger partial charge on any atom is -0.493 e. The number of nitrogens with one attached hydrogen (secondary N) is 1.